The third-order valence-electron chi connectivity index (χ3n) is 3.41. The molecular formula is C14H18N2O3. The number of carbonyl (C=O) groups is 2. The van der Waals surface area contributed by atoms with Crippen LogP contribution in [0.25, 0.3) is 0 Å². The molecule has 19 heavy (non-hydrogen) atoms. The highest BCUT2D eigenvalue weighted by atomic mass is 16.4. The van der Waals surface area contributed by atoms with Crippen LogP contribution < -0.4 is 0 Å². The molecule has 1 aliphatic heterocycles. The molecule has 1 fully saturated rings. The minimum Gasteiger partial charge on any atom is -0.478 e. The average molecular weight is 262 g/mol. The van der Waals surface area contributed by atoms with Gasteiger partial charge in [0.1, 0.15) is 0 Å². The Morgan fingerprint density at radius 3 is 2.53 bits per heavy atom. The van der Waals surface area contributed by atoms with Crippen molar-refractivity contribution in [1.29, 1.82) is 0 Å². The second-order valence-electron chi connectivity index (χ2n) is 4.84. The van der Waals surface area contributed by atoms with Gasteiger partial charge in [-0.25, -0.2) is 4.79 Å². The third kappa shape index (κ3) is 3.86. The van der Waals surface area contributed by atoms with Crippen molar-refractivity contribution in [2.24, 2.45) is 0 Å². The van der Waals surface area contributed by atoms with E-state index in [1.807, 2.05) is 0 Å². The van der Waals surface area contributed by atoms with Gasteiger partial charge in [0.15, 0.2) is 5.78 Å². The van der Waals surface area contributed by atoms with Crippen molar-refractivity contribution in [1.82, 2.24) is 9.88 Å². The molecule has 0 aliphatic carbocycles. The van der Waals surface area contributed by atoms with Crippen LogP contribution in [-0.4, -0.2) is 46.4 Å². The van der Waals surface area contributed by atoms with E-state index in [9.17, 15) is 9.59 Å². The summed E-state index contributed by atoms with van der Waals surface area (Å²) in [6.07, 6.45) is 6.78. The number of rotatable bonds is 5. The highest BCUT2D eigenvalue weighted by Crippen LogP contribution is 2.11. The maximum atomic E-state index is 12.0. The second kappa shape index (κ2) is 6.43. The molecule has 0 unspecified atom stereocenters. The molecule has 0 aromatic carbocycles. The fourth-order valence-corrected chi connectivity index (χ4v) is 2.30. The molecule has 0 amide bonds. The van der Waals surface area contributed by atoms with Crippen LogP contribution >= 0.6 is 0 Å². The number of likely N-dealkylation sites (tertiary alicyclic amines) is 1. The van der Waals surface area contributed by atoms with Crippen LogP contribution in [0.4, 0.5) is 0 Å². The molecule has 5 nitrogen and oxygen atoms in total. The highest BCUT2D eigenvalue weighted by molar-refractivity contribution is 5.98. The maximum absolute atomic E-state index is 12.0. The minimum absolute atomic E-state index is 0.0406. The van der Waals surface area contributed by atoms with E-state index in [1.165, 1.54) is 37.7 Å². The first kappa shape index (κ1) is 13.7. The number of ketones is 1. The van der Waals surface area contributed by atoms with E-state index in [4.69, 9.17) is 5.11 Å². The quantitative estimate of drug-likeness (QED) is 0.820. The first-order valence-corrected chi connectivity index (χ1v) is 6.61. The fraction of sp³-hybridized carbons (Fsp3) is 0.500. The van der Waals surface area contributed by atoms with Gasteiger partial charge in [-0.05, 0) is 32.0 Å². The smallest absolute Gasteiger partial charge is 0.337 e. The fourth-order valence-electron chi connectivity index (χ4n) is 2.30. The van der Waals surface area contributed by atoms with Crippen molar-refractivity contribution >= 4 is 11.8 Å². The standard InChI is InChI=1S/C14H18N2O3/c17-13(4-7-16-5-2-1-3-6-16)11-8-12(14(18)19)10-15-9-11/h8-10H,1-7H2,(H,18,19). The zero-order valence-electron chi connectivity index (χ0n) is 10.8. The van der Waals surface area contributed by atoms with E-state index >= 15 is 0 Å². The monoisotopic (exact) mass is 262 g/mol. The van der Waals surface area contributed by atoms with Gasteiger partial charge in [0.2, 0.25) is 0 Å². The molecule has 0 saturated carbocycles. The number of Topliss-reactive ketones (excluding diaryl/α,β-unsaturated/α-hetero) is 1. The van der Waals surface area contributed by atoms with Crippen molar-refractivity contribution in [2.75, 3.05) is 19.6 Å². The number of aromatic carboxylic acids is 1. The van der Waals surface area contributed by atoms with E-state index in [-0.39, 0.29) is 11.3 Å². The Labute approximate surface area is 112 Å². The van der Waals surface area contributed by atoms with Crippen molar-refractivity contribution < 1.29 is 14.7 Å². The SMILES string of the molecule is O=C(O)c1cncc(C(=O)CCN2CCCCC2)c1. The predicted octanol–water partition coefficient (Wildman–Crippen LogP) is 1.84. The zero-order chi connectivity index (χ0) is 13.7. The molecule has 0 bridgehead atoms. The van der Waals surface area contributed by atoms with Gasteiger partial charge in [-0.3, -0.25) is 9.78 Å². The lowest BCUT2D eigenvalue weighted by molar-refractivity contribution is 0.0696. The molecule has 5 heteroatoms. The van der Waals surface area contributed by atoms with Crippen molar-refractivity contribution in [3.8, 4) is 0 Å². The molecule has 2 heterocycles. The minimum atomic E-state index is -1.06. The number of nitrogens with zero attached hydrogens (tertiary/aromatic N) is 2. The van der Waals surface area contributed by atoms with Gasteiger partial charge in [-0.15, -0.1) is 0 Å². The van der Waals surface area contributed by atoms with Crippen LogP contribution in [0.3, 0.4) is 0 Å². The molecule has 1 aromatic heterocycles. The first-order chi connectivity index (χ1) is 9.16. The number of hydrogen-bond donors (Lipinski definition) is 1. The predicted molar refractivity (Wildman–Crippen MR) is 70.4 cm³/mol. The van der Waals surface area contributed by atoms with Gasteiger partial charge >= 0.3 is 5.97 Å². The van der Waals surface area contributed by atoms with Gasteiger partial charge < -0.3 is 10.0 Å². The maximum Gasteiger partial charge on any atom is 0.337 e. The molecule has 1 N–H and O–H groups in total. The number of aromatic nitrogens is 1. The number of carbonyl (C=O) groups excluding carboxylic acids is 1. The number of pyridine rings is 1. The Hall–Kier alpha value is -1.75. The summed E-state index contributed by atoms with van der Waals surface area (Å²) in [6, 6.07) is 1.40. The number of carboxylic acids is 1. The van der Waals surface area contributed by atoms with Gasteiger partial charge in [0, 0.05) is 30.9 Å². The van der Waals surface area contributed by atoms with Crippen molar-refractivity contribution in [2.45, 2.75) is 25.7 Å². The van der Waals surface area contributed by atoms with E-state index in [0.29, 0.717) is 12.0 Å². The Kier molecular flexibility index (Phi) is 4.63. The summed E-state index contributed by atoms with van der Waals surface area (Å²) in [7, 11) is 0. The first-order valence-electron chi connectivity index (χ1n) is 6.61. The largest absolute Gasteiger partial charge is 0.478 e. The van der Waals surface area contributed by atoms with Crippen LogP contribution in [0.1, 0.15) is 46.4 Å². The molecular weight excluding hydrogens is 244 g/mol. The zero-order valence-corrected chi connectivity index (χ0v) is 10.8. The third-order valence-corrected chi connectivity index (χ3v) is 3.41. The van der Waals surface area contributed by atoms with Crippen LogP contribution in [-0.2, 0) is 0 Å². The summed E-state index contributed by atoms with van der Waals surface area (Å²) >= 11 is 0. The van der Waals surface area contributed by atoms with E-state index in [1.54, 1.807) is 0 Å². The number of piperidine rings is 1. The van der Waals surface area contributed by atoms with Crippen LogP contribution in [0.5, 0.6) is 0 Å². The molecule has 0 atom stereocenters. The summed E-state index contributed by atoms with van der Waals surface area (Å²) < 4.78 is 0. The van der Waals surface area contributed by atoms with Crippen LogP contribution in [0.2, 0.25) is 0 Å². The lowest BCUT2D eigenvalue weighted by atomic mass is 10.1. The average Bonchev–Trinajstić information content (AvgIpc) is 2.46. The summed E-state index contributed by atoms with van der Waals surface area (Å²) in [6.45, 7) is 2.86. The number of hydrogen-bond acceptors (Lipinski definition) is 4. The van der Waals surface area contributed by atoms with Gasteiger partial charge in [-0.1, -0.05) is 6.42 Å². The summed E-state index contributed by atoms with van der Waals surface area (Å²) in [5, 5.41) is 8.87. The lowest BCUT2D eigenvalue weighted by Crippen LogP contribution is -2.31. The van der Waals surface area contributed by atoms with Crippen molar-refractivity contribution in [3.63, 3.8) is 0 Å². The van der Waals surface area contributed by atoms with Crippen LogP contribution in [0.15, 0.2) is 18.5 Å². The van der Waals surface area contributed by atoms with Crippen molar-refractivity contribution in [3.05, 3.63) is 29.6 Å². The van der Waals surface area contributed by atoms with E-state index in [2.05, 4.69) is 9.88 Å². The molecule has 2 rings (SSSR count). The van der Waals surface area contributed by atoms with E-state index in [0.717, 1.165) is 19.6 Å². The molecule has 1 aliphatic rings. The molecule has 1 aromatic rings. The summed E-state index contributed by atoms with van der Waals surface area (Å²) in [4.78, 5) is 28.9. The van der Waals surface area contributed by atoms with E-state index < -0.39 is 5.97 Å². The highest BCUT2D eigenvalue weighted by Gasteiger charge is 2.14. The summed E-state index contributed by atoms with van der Waals surface area (Å²) in [5.41, 5.74) is 0.445. The Balaban J connectivity index is 1.92. The van der Waals surface area contributed by atoms with Crippen LogP contribution in [0, 0.1) is 0 Å². The summed E-state index contributed by atoms with van der Waals surface area (Å²) in [5.74, 6) is -1.10. The molecule has 1 saturated heterocycles. The normalized spacial score (nSPS) is 16.2. The van der Waals surface area contributed by atoms with Gasteiger partial charge in [0.25, 0.3) is 0 Å². The Morgan fingerprint density at radius 2 is 1.84 bits per heavy atom. The second-order valence-corrected chi connectivity index (χ2v) is 4.84. The topological polar surface area (TPSA) is 70.5 Å². The molecule has 102 valence electrons. The molecule has 0 radical (unpaired) electrons. The Morgan fingerprint density at radius 1 is 1.16 bits per heavy atom. The van der Waals surface area contributed by atoms with Gasteiger partial charge in [0.05, 0.1) is 5.56 Å². The lowest BCUT2D eigenvalue weighted by Gasteiger charge is -2.25. The number of carboxylic acid groups (broad SMARTS) is 1. The molecule has 0 spiro atoms. The van der Waals surface area contributed by atoms with Gasteiger partial charge in [-0.2, -0.15) is 0 Å². The Bertz CT molecular complexity index is 468.